The van der Waals surface area contributed by atoms with Crippen LogP contribution in [-0.2, 0) is 21.3 Å². The maximum absolute atomic E-state index is 12.6. The topological polar surface area (TPSA) is 58.6 Å². The van der Waals surface area contributed by atoms with E-state index in [1.54, 1.807) is 29.6 Å². The van der Waals surface area contributed by atoms with Crippen LogP contribution < -0.4 is 5.32 Å². The van der Waals surface area contributed by atoms with Crippen molar-refractivity contribution in [1.29, 1.82) is 0 Å². The molecule has 0 aliphatic carbocycles. The van der Waals surface area contributed by atoms with Gasteiger partial charge in [0.25, 0.3) is 0 Å². The van der Waals surface area contributed by atoms with Gasteiger partial charge in [0.05, 0.1) is 11.0 Å². The summed E-state index contributed by atoms with van der Waals surface area (Å²) in [5.74, 6) is 0. The van der Waals surface area contributed by atoms with Gasteiger partial charge in [0.2, 0.25) is 10.0 Å². The van der Waals surface area contributed by atoms with Crippen LogP contribution in [0.25, 0.3) is 0 Å². The van der Waals surface area contributed by atoms with Crippen LogP contribution in [0, 0.1) is 0 Å². The molecule has 6 heteroatoms. The Morgan fingerprint density at radius 3 is 2.65 bits per heavy atom. The van der Waals surface area contributed by atoms with Gasteiger partial charge in [-0.3, -0.25) is 0 Å². The minimum atomic E-state index is -3.38. The van der Waals surface area contributed by atoms with Gasteiger partial charge in [-0.25, -0.2) is 8.42 Å². The Morgan fingerprint density at radius 1 is 1.35 bits per heavy atom. The van der Waals surface area contributed by atoms with E-state index in [-0.39, 0.29) is 6.10 Å². The fourth-order valence-electron chi connectivity index (χ4n) is 2.48. The number of sulfonamides is 1. The first-order chi connectivity index (χ1) is 9.57. The molecule has 20 heavy (non-hydrogen) atoms. The fraction of sp³-hybridized carbons (Fsp3) is 0.571. The Labute approximate surface area is 121 Å². The van der Waals surface area contributed by atoms with Crippen molar-refractivity contribution in [3.8, 4) is 0 Å². The molecule has 0 amide bonds. The molecule has 1 heterocycles. The van der Waals surface area contributed by atoms with Crippen LogP contribution in [0.1, 0.15) is 18.4 Å². The van der Waals surface area contributed by atoms with E-state index < -0.39 is 10.0 Å². The highest BCUT2D eigenvalue weighted by molar-refractivity contribution is 7.89. The lowest BCUT2D eigenvalue weighted by atomic mass is 10.1. The zero-order valence-electron chi connectivity index (χ0n) is 12.0. The Hall–Kier alpha value is -0.950. The van der Waals surface area contributed by atoms with E-state index in [2.05, 4.69) is 5.32 Å². The Balaban J connectivity index is 2.16. The van der Waals surface area contributed by atoms with Gasteiger partial charge in [0.15, 0.2) is 0 Å². The van der Waals surface area contributed by atoms with Crippen LogP contribution >= 0.6 is 0 Å². The molecule has 1 aliphatic rings. The Morgan fingerprint density at radius 2 is 2.05 bits per heavy atom. The quantitative estimate of drug-likeness (QED) is 0.887. The van der Waals surface area contributed by atoms with Crippen LogP contribution in [0.2, 0.25) is 0 Å². The van der Waals surface area contributed by atoms with Crippen molar-refractivity contribution in [1.82, 2.24) is 9.62 Å². The number of nitrogens with one attached hydrogen (secondary N) is 1. The third-order valence-electron chi connectivity index (χ3n) is 3.65. The summed E-state index contributed by atoms with van der Waals surface area (Å²) in [6, 6.07) is 7.12. The second-order valence-corrected chi connectivity index (χ2v) is 6.95. The molecule has 1 N–H and O–H groups in total. The first kappa shape index (κ1) is 15.4. The maximum atomic E-state index is 12.6. The second-order valence-electron chi connectivity index (χ2n) is 5.02. The molecule has 2 rings (SSSR count). The lowest BCUT2D eigenvalue weighted by Crippen LogP contribution is -2.40. The standard InChI is InChI=1S/C14H22N2O3S/c1-15-11-12-4-3-5-14(10-12)20(17,18)16-8-6-13(19-2)7-9-16/h3-5,10,13,15H,6-9,11H2,1-2H3. The molecule has 0 unspecified atom stereocenters. The number of benzene rings is 1. The zero-order chi connectivity index (χ0) is 14.6. The van der Waals surface area contributed by atoms with Crippen LogP contribution in [-0.4, -0.2) is 46.1 Å². The van der Waals surface area contributed by atoms with Crippen LogP contribution in [0.15, 0.2) is 29.2 Å². The molecule has 1 aliphatic heterocycles. The Bertz CT molecular complexity index is 537. The SMILES string of the molecule is CNCc1cccc(S(=O)(=O)N2CCC(OC)CC2)c1. The minimum absolute atomic E-state index is 0.178. The van der Waals surface area contributed by atoms with Gasteiger partial charge in [-0.05, 0) is 37.6 Å². The Kier molecular flexibility index (Phi) is 5.15. The van der Waals surface area contributed by atoms with Crippen molar-refractivity contribution in [2.24, 2.45) is 0 Å². The molecule has 1 saturated heterocycles. The molecule has 0 bridgehead atoms. The van der Waals surface area contributed by atoms with Crippen molar-refractivity contribution in [2.75, 3.05) is 27.2 Å². The van der Waals surface area contributed by atoms with E-state index in [0.29, 0.717) is 24.5 Å². The lowest BCUT2D eigenvalue weighted by molar-refractivity contribution is 0.0604. The third kappa shape index (κ3) is 3.38. The maximum Gasteiger partial charge on any atom is 0.243 e. The van der Waals surface area contributed by atoms with Gasteiger partial charge in [-0.15, -0.1) is 0 Å². The van der Waals surface area contributed by atoms with Crippen LogP contribution in [0.3, 0.4) is 0 Å². The molecule has 0 aromatic heterocycles. The summed E-state index contributed by atoms with van der Waals surface area (Å²) < 4.78 is 32.0. The predicted octanol–water partition coefficient (Wildman–Crippen LogP) is 1.21. The van der Waals surface area contributed by atoms with Crippen molar-refractivity contribution >= 4 is 10.0 Å². The number of rotatable bonds is 5. The van der Waals surface area contributed by atoms with E-state index in [9.17, 15) is 8.42 Å². The number of hydrogen-bond donors (Lipinski definition) is 1. The third-order valence-corrected chi connectivity index (χ3v) is 5.55. The van der Waals surface area contributed by atoms with Crippen molar-refractivity contribution in [3.63, 3.8) is 0 Å². The summed E-state index contributed by atoms with van der Waals surface area (Å²) in [7, 11) is 0.136. The molecule has 0 radical (unpaired) electrons. The smallest absolute Gasteiger partial charge is 0.243 e. The fourth-order valence-corrected chi connectivity index (χ4v) is 4.02. The average Bonchev–Trinajstić information content (AvgIpc) is 2.48. The average molecular weight is 298 g/mol. The number of nitrogens with zero attached hydrogens (tertiary/aromatic N) is 1. The van der Waals surface area contributed by atoms with E-state index in [0.717, 1.165) is 18.4 Å². The zero-order valence-corrected chi connectivity index (χ0v) is 12.8. The van der Waals surface area contributed by atoms with Crippen molar-refractivity contribution in [3.05, 3.63) is 29.8 Å². The first-order valence-corrected chi connectivity index (χ1v) is 8.28. The molecular formula is C14H22N2O3S. The predicted molar refractivity (Wildman–Crippen MR) is 78.0 cm³/mol. The number of piperidine rings is 1. The van der Waals surface area contributed by atoms with E-state index in [1.165, 1.54) is 0 Å². The van der Waals surface area contributed by atoms with Gasteiger partial charge < -0.3 is 10.1 Å². The van der Waals surface area contributed by atoms with Crippen LogP contribution in [0.5, 0.6) is 0 Å². The normalized spacial score (nSPS) is 18.3. The van der Waals surface area contributed by atoms with Gasteiger partial charge in [-0.1, -0.05) is 12.1 Å². The number of hydrogen-bond acceptors (Lipinski definition) is 4. The summed E-state index contributed by atoms with van der Waals surface area (Å²) in [6.45, 7) is 1.71. The summed E-state index contributed by atoms with van der Waals surface area (Å²) in [6.07, 6.45) is 1.69. The van der Waals surface area contributed by atoms with E-state index in [4.69, 9.17) is 4.74 Å². The first-order valence-electron chi connectivity index (χ1n) is 6.84. The van der Waals surface area contributed by atoms with Gasteiger partial charge in [-0.2, -0.15) is 4.31 Å². The molecular weight excluding hydrogens is 276 g/mol. The monoisotopic (exact) mass is 298 g/mol. The van der Waals surface area contributed by atoms with Gasteiger partial charge >= 0.3 is 0 Å². The summed E-state index contributed by atoms with van der Waals surface area (Å²) in [4.78, 5) is 0.376. The summed E-state index contributed by atoms with van der Waals surface area (Å²) >= 11 is 0. The molecule has 1 fully saturated rings. The lowest BCUT2D eigenvalue weighted by Gasteiger charge is -2.30. The van der Waals surface area contributed by atoms with Gasteiger partial charge in [0.1, 0.15) is 0 Å². The number of methoxy groups -OCH3 is 1. The molecule has 0 atom stereocenters. The highest BCUT2D eigenvalue weighted by Gasteiger charge is 2.29. The summed E-state index contributed by atoms with van der Waals surface area (Å²) in [5.41, 5.74) is 0.973. The van der Waals surface area contributed by atoms with E-state index in [1.807, 2.05) is 13.1 Å². The second kappa shape index (κ2) is 6.67. The summed E-state index contributed by atoms with van der Waals surface area (Å²) in [5, 5.41) is 3.03. The van der Waals surface area contributed by atoms with Crippen molar-refractivity contribution in [2.45, 2.75) is 30.4 Å². The molecule has 1 aromatic rings. The van der Waals surface area contributed by atoms with Crippen molar-refractivity contribution < 1.29 is 13.2 Å². The molecule has 112 valence electrons. The molecule has 5 nitrogen and oxygen atoms in total. The van der Waals surface area contributed by atoms with E-state index >= 15 is 0 Å². The molecule has 0 saturated carbocycles. The largest absolute Gasteiger partial charge is 0.381 e. The van der Waals surface area contributed by atoms with Gasteiger partial charge in [0, 0.05) is 26.7 Å². The molecule has 1 aromatic carbocycles. The van der Waals surface area contributed by atoms with Crippen LogP contribution in [0.4, 0.5) is 0 Å². The minimum Gasteiger partial charge on any atom is -0.381 e. The highest BCUT2D eigenvalue weighted by atomic mass is 32.2. The molecule has 0 spiro atoms. The highest BCUT2D eigenvalue weighted by Crippen LogP contribution is 2.22. The number of ether oxygens (including phenoxy) is 1.